The molecule has 18 heavy (non-hydrogen) atoms. The Morgan fingerprint density at radius 3 is 2.39 bits per heavy atom. The van der Waals surface area contributed by atoms with Crippen LogP contribution in [0.5, 0.6) is 0 Å². The smallest absolute Gasteiger partial charge is 0.352 e. The van der Waals surface area contributed by atoms with E-state index in [0.717, 1.165) is 0 Å². The van der Waals surface area contributed by atoms with E-state index in [1.54, 1.807) is 31.2 Å². The molecule has 0 heterocycles. The van der Waals surface area contributed by atoms with Gasteiger partial charge in [0, 0.05) is 12.0 Å². The molecule has 0 aliphatic carbocycles. The van der Waals surface area contributed by atoms with Gasteiger partial charge in [-0.25, -0.2) is 4.79 Å². The van der Waals surface area contributed by atoms with Gasteiger partial charge in [0.25, 0.3) is 0 Å². The summed E-state index contributed by atoms with van der Waals surface area (Å²) in [6.45, 7) is 3.85. The second-order valence-electron chi connectivity index (χ2n) is 3.78. The number of esters is 2. The predicted octanol–water partition coefficient (Wildman–Crippen LogP) is 2.63. The Kier molecular flexibility index (Phi) is 5.91. The van der Waals surface area contributed by atoms with Crippen molar-refractivity contribution in [3.8, 4) is 0 Å². The molecule has 0 radical (unpaired) electrons. The van der Waals surface area contributed by atoms with Gasteiger partial charge < -0.3 is 9.47 Å². The van der Waals surface area contributed by atoms with Gasteiger partial charge >= 0.3 is 11.9 Å². The maximum absolute atomic E-state index is 11.8. The summed E-state index contributed by atoms with van der Waals surface area (Å²) < 4.78 is 10.1. The third-order valence-corrected chi connectivity index (χ3v) is 2.31. The zero-order valence-corrected chi connectivity index (χ0v) is 10.7. The fourth-order valence-electron chi connectivity index (χ4n) is 1.49. The van der Waals surface area contributed by atoms with Gasteiger partial charge in [-0.3, -0.25) is 4.79 Å². The lowest BCUT2D eigenvalue weighted by Crippen LogP contribution is -2.22. The fraction of sp³-hybridized carbons (Fsp3) is 0.429. The molecule has 0 amide bonds. The summed E-state index contributed by atoms with van der Waals surface area (Å²) in [4.78, 5) is 23.3. The first-order chi connectivity index (χ1) is 8.69. The largest absolute Gasteiger partial charge is 0.463 e. The van der Waals surface area contributed by atoms with E-state index >= 15 is 0 Å². The average Bonchev–Trinajstić information content (AvgIpc) is 2.37. The molecule has 4 heteroatoms. The first kappa shape index (κ1) is 14.2. The average molecular weight is 250 g/mol. The van der Waals surface area contributed by atoms with E-state index in [9.17, 15) is 9.59 Å². The summed E-state index contributed by atoms with van der Waals surface area (Å²) in [5, 5.41) is 0. The molecule has 0 saturated heterocycles. The van der Waals surface area contributed by atoms with Crippen LogP contribution in [0.15, 0.2) is 30.3 Å². The molecular formula is C14H18O4. The third kappa shape index (κ3) is 4.20. The number of carbonyl (C=O) groups excluding carboxylic acids is 2. The van der Waals surface area contributed by atoms with Crippen LogP contribution in [0.4, 0.5) is 0 Å². The van der Waals surface area contributed by atoms with E-state index in [1.807, 2.05) is 13.0 Å². The Bertz CT molecular complexity index is 386. The summed E-state index contributed by atoms with van der Waals surface area (Å²) in [6, 6.07) is 8.88. The van der Waals surface area contributed by atoms with Crippen molar-refractivity contribution in [3.05, 3.63) is 35.9 Å². The van der Waals surface area contributed by atoms with Crippen molar-refractivity contribution in [1.29, 1.82) is 0 Å². The highest BCUT2D eigenvalue weighted by Crippen LogP contribution is 2.19. The van der Waals surface area contributed by atoms with Crippen molar-refractivity contribution in [2.24, 2.45) is 0 Å². The zero-order chi connectivity index (χ0) is 13.4. The molecule has 0 bridgehead atoms. The Morgan fingerprint density at radius 1 is 1.17 bits per heavy atom. The van der Waals surface area contributed by atoms with Gasteiger partial charge in [-0.1, -0.05) is 37.3 Å². The Labute approximate surface area is 107 Å². The summed E-state index contributed by atoms with van der Waals surface area (Å²) in [7, 11) is 0. The molecule has 1 aromatic rings. The van der Waals surface area contributed by atoms with E-state index in [-0.39, 0.29) is 12.6 Å². The third-order valence-electron chi connectivity index (χ3n) is 2.31. The van der Waals surface area contributed by atoms with Crippen molar-refractivity contribution < 1.29 is 19.1 Å². The quantitative estimate of drug-likeness (QED) is 0.728. The lowest BCUT2D eigenvalue weighted by atomic mass is 10.1. The van der Waals surface area contributed by atoms with E-state index in [4.69, 9.17) is 9.47 Å². The lowest BCUT2D eigenvalue weighted by Gasteiger charge is -2.16. The predicted molar refractivity (Wildman–Crippen MR) is 66.8 cm³/mol. The standard InChI is InChI=1S/C14H18O4/c1-3-8-12(15)18-13(14(16)17-4-2)11-9-6-5-7-10-11/h5-7,9-10,13H,3-4,8H2,1-2H3/t13-/m0/s1. The van der Waals surface area contributed by atoms with Gasteiger partial charge in [0.05, 0.1) is 6.61 Å². The summed E-state index contributed by atoms with van der Waals surface area (Å²) in [6.07, 6.45) is 0.0107. The van der Waals surface area contributed by atoms with Gasteiger partial charge in [-0.15, -0.1) is 0 Å². The molecule has 0 aromatic heterocycles. The van der Waals surface area contributed by atoms with Crippen LogP contribution in [0.3, 0.4) is 0 Å². The molecule has 4 nitrogen and oxygen atoms in total. The number of ether oxygens (including phenoxy) is 2. The molecule has 0 spiro atoms. The molecule has 1 atom stereocenters. The molecule has 0 fully saturated rings. The van der Waals surface area contributed by atoms with Crippen molar-refractivity contribution in [3.63, 3.8) is 0 Å². The van der Waals surface area contributed by atoms with Crippen LogP contribution < -0.4 is 0 Å². The highest BCUT2D eigenvalue weighted by Gasteiger charge is 2.25. The van der Waals surface area contributed by atoms with Gasteiger partial charge in [0.1, 0.15) is 0 Å². The molecule has 0 unspecified atom stereocenters. The van der Waals surface area contributed by atoms with E-state index in [2.05, 4.69) is 0 Å². The topological polar surface area (TPSA) is 52.6 Å². The van der Waals surface area contributed by atoms with Gasteiger partial charge in [-0.05, 0) is 13.3 Å². The van der Waals surface area contributed by atoms with Crippen LogP contribution in [-0.4, -0.2) is 18.5 Å². The van der Waals surface area contributed by atoms with Crippen LogP contribution in [0.25, 0.3) is 0 Å². The molecule has 1 rings (SSSR count). The number of rotatable bonds is 6. The number of benzene rings is 1. The van der Waals surface area contributed by atoms with Crippen molar-refractivity contribution >= 4 is 11.9 Å². The van der Waals surface area contributed by atoms with Crippen molar-refractivity contribution in [2.75, 3.05) is 6.61 Å². The van der Waals surface area contributed by atoms with E-state index in [0.29, 0.717) is 18.4 Å². The normalized spacial score (nSPS) is 11.7. The van der Waals surface area contributed by atoms with Crippen LogP contribution in [-0.2, 0) is 19.1 Å². The Morgan fingerprint density at radius 2 is 1.83 bits per heavy atom. The molecular weight excluding hydrogens is 232 g/mol. The number of hydrogen-bond donors (Lipinski definition) is 0. The van der Waals surface area contributed by atoms with Gasteiger partial charge in [-0.2, -0.15) is 0 Å². The van der Waals surface area contributed by atoms with Crippen molar-refractivity contribution in [2.45, 2.75) is 32.8 Å². The molecule has 0 aliphatic rings. The van der Waals surface area contributed by atoms with Gasteiger partial charge in [0.15, 0.2) is 0 Å². The lowest BCUT2D eigenvalue weighted by molar-refractivity contribution is -0.168. The maximum Gasteiger partial charge on any atom is 0.352 e. The molecule has 98 valence electrons. The minimum absolute atomic E-state index is 0.257. The molecule has 0 N–H and O–H groups in total. The second-order valence-corrected chi connectivity index (χ2v) is 3.78. The monoisotopic (exact) mass is 250 g/mol. The SMILES string of the molecule is CCCC(=O)O[C@H](C(=O)OCC)c1ccccc1. The summed E-state index contributed by atoms with van der Waals surface area (Å²) >= 11 is 0. The highest BCUT2D eigenvalue weighted by atomic mass is 16.6. The van der Waals surface area contributed by atoms with E-state index < -0.39 is 12.1 Å². The Balaban J connectivity index is 2.82. The van der Waals surface area contributed by atoms with Crippen LogP contribution in [0, 0.1) is 0 Å². The van der Waals surface area contributed by atoms with Crippen LogP contribution >= 0.6 is 0 Å². The first-order valence-electron chi connectivity index (χ1n) is 6.10. The van der Waals surface area contributed by atoms with Crippen LogP contribution in [0.2, 0.25) is 0 Å². The molecule has 1 aromatic carbocycles. The number of hydrogen-bond acceptors (Lipinski definition) is 4. The van der Waals surface area contributed by atoms with E-state index in [1.165, 1.54) is 0 Å². The fourth-order valence-corrected chi connectivity index (χ4v) is 1.49. The van der Waals surface area contributed by atoms with Gasteiger partial charge in [0.2, 0.25) is 6.10 Å². The number of carbonyl (C=O) groups is 2. The zero-order valence-electron chi connectivity index (χ0n) is 10.7. The highest BCUT2D eigenvalue weighted by molar-refractivity contribution is 5.80. The molecule has 0 saturated carbocycles. The summed E-state index contributed by atoms with van der Waals surface area (Å²) in [5.74, 6) is -0.924. The maximum atomic E-state index is 11.8. The van der Waals surface area contributed by atoms with Crippen LogP contribution in [0.1, 0.15) is 38.4 Å². The molecule has 0 aliphatic heterocycles. The minimum atomic E-state index is -0.967. The second kappa shape index (κ2) is 7.48. The van der Waals surface area contributed by atoms with Crippen molar-refractivity contribution in [1.82, 2.24) is 0 Å². The minimum Gasteiger partial charge on any atom is -0.463 e. The Hall–Kier alpha value is -1.84. The first-order valence-corrected chi connectivity index (χ1v) is 6.10. The summed E-state index contributed by atoms with van der Waals surface area (Å²) in [5.41, 5.74) is 0.625.